The van der Waals surface area contributed by atoms with Crippen LogP contribution in [0.1, 0.15) is 187 Å². The number of hydrogen-bond acceptors (Lipinski definition) is 5. The first-order valence-corrected chi connectivity index (χ1v) is 22.1. The van der Waals surface area contributed by atoms with Gasteiger partial charge in [-0.3, -0.25) is 9.35 Å². The third-order valence-corrected chi connectivity index (χ3v) is 9.84. The zero-order valence-corrected chi connectivity index (χ0v) is 32.9. The standard InChI is InChI=1S/C42H77NO6S/c1-3-5-7-9-11-13-15-17-19-20-21-23-25-27-29-31-33-35-37-41(45)42(46)43-39(38-50(47,48)49)40(44)36-34-32-30-28-26-24-22-18-16-14-12-10-8-6-4-2/h16,18,20-21,26,28,34,36,39-41,44-45H,3-15,17,19,22-25,27,29-33,35,37-38H2,1-2H3,(H,43,46)(H,47,48,49)/b18-16+,21-20-,28-26+,36-34+. The van der Waals surface area contributed by atoms with Crippen LogP contribution in [0, 0.1) is 0 Å². The maximum Gasteiger partial charge on any atom is 0.267 e. The Morgan fingerprint density at radius 2 is 0.900 bits per heavy atom. The summed E-state index contributed by atoms with van der Waals surface area (Å²) >= 11 is 0. The van der Waals surface area contributed by atoms with E-state index in [9.17, 15) is 28.0 Å². The van der Waals surface area contributed by atoms with E-state index < -0.39 is 40.0 Å². The number of carbonyl (C=O) groups is 1. The maximum atomic E-state index is 12.6. The number of amides is 1. The minimum Gasteiger partial charge on any atom is -0.387 e. The number of allylic oxidation sites excluding steroid dienone is 7. The maximum absolute atomic E-state index is 12.6. The zero-order chi connectivity index (χ0) is 37.0. The van der Waals surface area contributed by atoms with Crippen LogP contribution in [0.25, 0.3) is 0 Å². The van der Waals surface area contributed by atoms with Crippen LogP contribution < -0.4 is 5.32 Å². The van der Waals surface area contributed by atoms with Crippen molar-refractivity contribution in [3.05, 3.63) is 48.6 Å². The summed E-state index contributed by atoms with van der Waals surface area (Å²) < 4.78 is 32.5. The first-order chi connectivity index (χ1) is 24.2. The molecule has 0 aliphatic heterocycles. The lowest BCUT2D eigenvalue weighted by Gasteiger charge is -2.22. The lowest BCUT2D eigenvalue weighted by atomic mass is 10.0. The first-order valence-electron chi connectivity index (χ1n) is 20.4. The highest BCUT2D eigenvalue weighted by molar-refractivity contribution is 7.85. The number of nitrogens with one attached hydrogen (secondary N) is 1. The van der Waals surface area contributed by atoms with Gasteiger partial charge in [-0.15, -0.1) is 0 Å². The number of unbranched alkanes of at least 4 members (excludes halogenated alkanes) is 21. The monoisotopic (exact) mass is 724 g/mol. The van der Waals surface area contributed by atoms with Crippen LogP contribution in [0.2, 0.25) is 0 Å². The van der Waals surface area contributed by atoms with Crippen LogP contribution in [0.15, 0.2) is 48.6 Å². The molecule has 7 nitrogen and oxygen atoms in total. The molecule has 3 unspecified atom stereocenters. The summed E-state index contributed by atoms with van der Waals surface area (Å²) in [6.45, 7) is 4.49. The summed E-state index contributed by atoms with van der Waals surface area (Å²) in [5, 5.41) is 23.3. The number of aliphatic hydroxyl groups is 2. The van der Waals surface area contributed by atoms with Crippen LogP contribution in [-0.2, 0) is 14.9 Å². The quantitative estimate of drug-likeness (QED) is 0.0290. The van der Waals surface area contributed by atoms with Gasteiger partial charge in [0.2, 0.25) is 5.91 Å². The second-order valence-electron chi connectivity index (χ2n) is 14.0. The van der Waals surface area contributed by atoms with Crippen molar-refractivity contribution in [2.45, 2.75) is 205 Å². The molecule has 0 aromatic heterocycles. The molecule has 0 aliphatic carbocycles. The van der Waals surface area contributed by atoms with E-state index in [-0.39, 0.29) is 6.42 Å². The molecule has 50 heavy (non-hydrogen) atoms. The van der Waals surface area contributed by atoms with Crippen LogP contribution in [0.5, 0.6) is 0 Å². The van der Waals surface area contributed by atoms with E-state index >= 15 is 0 Å². The van der Waals surface area contributed by atoms with E-state index in [1.165, 1.54) is 109 Å². The Bertz CT molecular complexity index is 990. The van der Waals surface area contributed by atoms with E-state index in [0.29, 0.717) is 12.8 Å². The van der Waals surface area contributed by atoms with Crippen LogP contribution >= 0.6 is 0 Å². The molecule has 0 saturated heterocycles. The molecule has 0 bridgehead atoms. The van der Waals surface area contributed by atoms with E-state index in [1.807, 2.05) is 0 Å². The molecule has 0 saturated carbocycles. The summed E-state index contributed by atoms with van der Waals surface area (Å²) in [4.78, 5) is 12.6. The predicted octanol–water partition coefficient (Wildman–Crippen LogP) is 10.9. The average Bonchev–Trinajstić information content (AvgIpc) is 3.08. The Kier molecular flexibility index (Phi) is 34.4. The fraction of sp³-hybridized carbons (Fsp3) is 0.786. The molecule has 0 heterocycles. The average molecular weight is 724 g/mol. The smallest absolute Gasteiger partial charge is 0.267 e. The Morgan fingerprint density at radius 3 is 1.32 bits per heavy atom. The lowest BCUT2D eigenvalue weighted by molar-refractivity contribution is -0.130. The fourth-order valence-electron chi connectivity index (χ4n) is 5.89. The molecule has 0 rings (SSSR count). The first kappa shape index (κ1) is 48.3. The predicted molar refractivity (Wildman–Crippen MR) is 213 cm³/mol. The van der Waals surface area contributed by atoms with Gasteiger partial charge < -0.3 is 15.5 Å². The Labute approximate surface area is 308 Å². The Morgan fingerprint density at radius 1 is 0.540 bits per heavy atom. The molecule has 0 fully saturated rings. The zero-order valence-electron chi connectivity index (χ0n) is 32.1. The van der Waals surface area contributed by atoms with E-state index in [4.69, 9.17) is 0 Å². The summed E-state index contributed by atoms with van der Waals surface area (Å²) in [6.07, 6.45) is 44.5. The molecule has 0 aliphatic rings. The van der Waals surface area contributed by atoms with Crippen molar-refractivity contribution in [3.63, 3.8) is 0 Å². The van der Waals surface area contributed by atoms with Gasteiger partial charge in [0, 0.05) is 0 Å². The summed E-state index contributed by atoms with van der Waals surface area (Å²) in [5.74, 6) is -1.57. The molecule has 0 aromatic carbocycles. The lowest BCUT2D eigenvalue weighted by Crippen LogP contribution is -2.50. The fourth-order valence-corrected chi connectivity index (χ4v) is 6.63. The van der Waals surface area contributed by atoms with E-state index in [2.05, 4.69) is 55.6 Å². The van der Waals surface area contributed by atoms with Crippen molar-refractivity contribution in [1.29, 1.82) is 0 Å². The van der Waals surface area contributed by atoms with Gasteiger partial charge in [-0.1, -0.05) is 165 Å². The highest BCUT2D eigenvalue weighted by Gasteiger charge is 2.27. The summed E-state index contributed by atoms with van der Waals surface area (Å²) in [6, 6.07) is -1.26. The number of hydrogen-bond donors (Lipinski definition) is 4. The summed E-state index contributed by atoms with van der Waals surface area (Å²) in [7, 11) is -4.46. The Hall–Kier alpha value is -1.74. The van der Waals surface area contributed by atoms with Crippen molar-refractivity contribution < 1.29 is 28.0 Å². The van der Waals surface area contributed by atoms with Crippen LogP contribution in [0.4, 0.5) is 0 Å². The Balaban J connectivity index is 4.12. The minimum atomic E-state index is -4.46. The van der Waals surface area contributed by atoms with Crippen molar-refractivity contribution >= 4 is 16.0 Å². The third-order valence-electron chi connectivity index (χ3n) is 9.06. The van der Waals surface area contributed by atoms with Crippen molar-refractivity contribution in [3.8, 4) is 0 Å². The van der Waals surface area contributed by atoms with Gasteiger partial charge in [0.1, 0.15) is 6.10 Å². The van der Waals surface area contributed by atoms with Gasteiger partial charge in [-0.2, -0.15) is 8.42 Å². The van der Waals surface area contributed by atoms with Crippen LogP contribution in [0.3, 0.4) is 0 Å². The second-order valence-corrected chi connectivity index (χ2v) is 15.5. The molecule has 4 N–H and O–H groups in total. The van der Waals surface area contributed by atoms with Crippen molar-refractivity contribution in [2.75, 3.05) is 5.75 Å². The van der Waals surface area contributed by atoms with Gasteiger partial charge in [0.25, 0.3) is 10.1 Å². The molecule has 0 radical (unpaired) electrons. The molecule has 0 spiro atoms. The van der Waals surface area contributed by atoms with E-state index in [0.717, 1.165) is 51.4 Å². The second kappa shape index (κ2) is 35.7. The van der Waals surface area contributed by atoms with E-state index in [1.54, 1.807) is 6.08 Å². The van der Waals surface area contributed by atoms with Gasteiger partial charge >= 0.3 is 0 Å². The molecule has 0 aromatic rings. The highest BCUT2D eigenvalue weighted by Crippen LogP contribution is 2.13. The molecule has 292 valence electrons. The molecule has 8 heteroatoms. The molecule has 3 atom stereocenters. The topological polar surface area (TPSA) is 124 Å². The molecular weight excluding hydrogens is 647 g/mol. The van der Waals surface area contributed by atoms with Crippen LogP contribution in [-0.4, -0.2) is 53.1 Å². The van der Waals surface area contributed by atoms with Crippen molar-refractivity contribution in [1.82, 2.24) is 5.32 Å². The highest BCUT2D eigenvalue weighted by atomic mass is 32.2. The minimum absolute atomic E-state index is 0.263. The van der Waals surface area contributed by atoms with Gasteiger partial charge in [0.15, 0.2) is 0 Å². The number of rotatable bonds is 36. The SMILES string of the molecule is CCCCCCC/C=C/CC/C=C/CC/C=C/C(O)C(CS(=O)(=O)O)NC(=O)C(O)CCCCCCCC/C=C\CCCCCCCCCC. The van der Waals surface area contributed by atoms with Crippen molar-refractivity contribution in [2.24, 2.45) is 0 Å². The number of aliphatic hydroxyl groups excluding tert-OH is 2. The normalized spacial score (nSPS) is 14.4. The summed E-state index contributed by atoms with van der Waals surface area (Å²) in [5.41, 5.74) is 0. The molecular formula is C42H77NO6S. The number of carbonyl (C=O) groups excluding carboxylic acids is 1. The molecule has 1 amide bonds. The third kappa shape index (κ3) is 34.7. The van der Waals surface area contributed by atoms with Gasteiger partial charge in [0.05, 0.1) is 17.9 Å². The van der Waals surface area contributed by atoms with Gasteiger partial charge in [-0.05, 0) is 70.6 Å². The van der Waals surface area contributed by atoms with Gasteiger partial charge in [-0.25, -0.2) is 0 Å². The largest absolute Gasteiger partial charge is 0.387 e.